The van der Waals surface area contributed by atoms with Gasteiger partial charge in [0.05, 0.1) is 4.90 Å². The standard InChI is InChI=1S/C20H23ClN2O3S/c1-23(18-5-3-2-4-6-18)20(24)15-7-13-19(14-8-15)27(25,26)22-17-11-9-16(21)10-12-17/h7-14,18,22H,2-6H2,1H3. The summed E-state index contributed by atoms with van der Waals surface area (Å²) in [7, 11) is -1.90. The van der Waals surface area contributed by atoms with E-state index >= 15 is 0 Å². The van der Waals surface area contributed by atoms with Crippen LogP contribution in [-0.4, -0.2) is 32.3 Å². The Bertz CT molecular complexity index is 890. The summed E-state index contributed by atoms with van der Waals surface area (Å²) in [5.41, 5.74) is 0.921. The quantitative estimate of drug-likeness (QED) is 0.792. The Morgan fingerprint density at radius 2 is 1.59 bits per heavy atom. The lowest BCUT2D eigenvalue weighted by Gasteiger charge is -2.31. The third-order valence-electron chi connectivity index (χ3n) is 4.95. The average molecular weight is 407 g/mol. The summed E-state index contributed by atoms with van der Waals surface area (Å²) >= 11 is 5.82. The lowest BCUT2D eigenvalue weighted by atomic mass is 9.94. The molecule has 27 heavy (non-hydrogen) atoms. The van der Waals surface area contributed by atoms with Gasteiger partial charge < -0.3 is 4.90 Å². The van der Waals surface area contributed by atoms with Gasteiger partial charge in [0.1, 0.15) is 0 Å². The van der Waals surface area contributed by atoms with E-state index in [1.807, 2.05) is 7.05 Å². The molecule has 144 valence electrons. The molecule has 1 fully saturated rings. The minimum absolute atomic E-state index is 0.0727. The van der Waals surface area contributed by atoms with Gasteiger partial charge in [-0.1, -0.05) is 30.9 Å². The first-order valence-electron chi connectivity index (χ1n) is 9.02. The highest BCUT2D eigenvalue weighted by Crippen LogP contribution is 2.24. The average Bonchev–Trinajstić information content (AvgIpc) is 2.69. The molecule has 0 aromatic heterocycles. The first kappa shape index (κ1) is 19.7. The number of benzene rings is 2. The maximum absolute atomic E-state index is 12.7. The van der Waals surface area contributed by atoms with Crippen molar-refractivity contribution in [2.45, 2.75) is 43.0 Å². The van der Waals surface area contributed by atoms with E-state index in [1.165, 1.54) is 18.6 Å². The topological polar surface area (TPSA) is 66.5 Å². The fraction of sp³-hybridized carbons (Fsp3) is 0.350. The molecule has 1 amide bonds. The first-order chi connectivity index (χ1) is 12.9. The largest absolute Gasteiger partial charge is 0.339 e. The van der Waals surface area contributed by atoms with Crippen LogP contribution in [0.1, 0.15) is 42.5 Å². The molecule has 0 unspecified atom stereocenters. The molecule has 0 radical (unpaired) electrons. The van der Waals surface area contributed by atoms with Crippen LogP contribution in [0.25, 0.3) is 0 Å². The van der Waals surface area contributed by atoms with Gasteiger partial charge in [-0.2, -0.15) is 0 Å². The molecule has 1 aliphatic rings. The molecule has 2 aromatic rings. The summed E-state index contributed by atoms with van der Waals surface area (Å²) in [5.74, 6) is -0.0727. The molecule has 1 aliphatic carbocycles. The molecule has 2 aromatic carbocycles. The number of carbonyl (C=O) groups is 1. The zero-order chi connectivity index (χ0) is 19.4. The van der Waals surface area contributed by atoms with Gasteiger partial charge in [0.25, 0.3) is 15.9 Å². The van der Waals surface area contributed by atoms with E-state index in [0.717, 1.165) is 25.7 Å². The fourth-order valence-corrected chi connectivity index (χ4v) is 4.53. The van der Waals surface area contributed by atoms with E-state index in [-0.39, 0.29) is 16.8 Å². The Balaban J connectivity index is 1.71. The van der Waals surface area contributed by atoms with Crippen molar-refractivity contribution >= 4 is 33.2 Å². The lowest BCUT2D eigenvalue weighted by molar-refractivity contribution is 0.0696. The maximum Gasteiger partial charge on any atom is 0.261 e. The van der Waals surface area contributed by atoms with Crippen LogP contribution in [0.4, 0.5) is 5.69 Å². The zero-order valence-corrected chi connectivity index (χ0v) is 16.8. The van der Waals surface area contributed by atoms with Crippen molar-refractivity contribution in [2.75, 3.05) is 11.8 Å². The van der Waals surface area contributed by atoms with E-state index in [0.29, 0.717) is 16.3 Å². The molecule has 0 heterocycles. The normalized spacial score (nSPS) is 15.3. The number of hydrogen-bond acceptors (Lipinski definition) is 3. The van der Waals surface area contributed by atoms with E-state index < -0.39 is 10.0 Å². The molecule has 0 atom stereocenters. The number of carbonyl (C=O) groups excluding carboxylic acids is 1. The predicted octanol–water partition coefficient (Wildman–Crippen LogP) is 4.55. The highest BCUT2D eigenvalue weighted by Gasteiger charge is 2.23. The summed E-state index contributed by atoms with van der Waals surface area (Å²) in [5, 5.41) is 0.530. The van der Waals surface area contributed by atoms with Crippen molar-refractivity contribution in [2.24, 2.45) is 0 Å². The van der Waals surface area contributed by atoms with Gasteiger partial charge >= 0.3 is 0 Å². The minimum atomic E-state index is -3.73. The van der Waals surface area contributed by atoms with Gasteiger partial charge in [-0.25, -0.2) is 8.42 Å². The summed E-state index contributed by atoms with van der Waals surface area (Å²) in [6.07, 6.45) is 5.58. The number of nitrogens with zero attached hydrogens (tertiary/aromatic N) is 1. The number of nitrogens with one attached hydrogen (secondary N) is 1. The second-order valence-electron chi connectivity index (χ2n) is 6.84. The van der Waals surface area contributed by atoms with Gasteiger partial charge in [-0.15, -0.1) is 0 Å². The Kier molecular flexibility index (Phi) is 6.07. The van der Waals surface area contributed by atoms with E-state index in [1.54, 1.807) is 41.3 Å². The van der Waals surface area contributed by atoms with Crippen molar-refractivity contribution in [3.05, 3.63) is 59.1 Å². The predicted molar refractivity (Wildman–Crippen MR) is 108 cm³/mol. The Hall–Kier alpha value is -2.05. The van der Waals surface area contributed by atoms with Crippen LogP contribution in [0.2, 0.25) is 5.02 Å². The van der Waals surface area contributed by atoms with Gasteiger partial charge in [0, 0.05) is 29.4 Å². The lowest BCUT2D eigenvalue weighted by Crippen LogP contribution is -2.38. The number of rotatable bonds is 5. The molecule has 5 nitrogen and oxygen atoms in total. The summed E-state index contributed by atoms with van der Waals surface area (Å²) in [6.45, 7) is 0. The van der Waals surface area contributed by atoms with Crippen molar-refractivity contribution in [1.82, 2.24) is 4.90 Å². The molecule has 1 N–H and O–H groups in total. The third-order valence-corrected chi connectivity index (χ3v) is 6.60. The zero-order valence-electron chi connectivity index (χ0n) is 15.2. The molecule has 0 aliphatic heterocycles. The van der Waals surface area contributed by atoms with Gasteiger partial charge in [0.15, 0.2) is 0 Å². The fourth-order valence-electron chi connectivity index (χ4n) is 3.35. The van der Waals surface area contributed by atoms with Gasteiger partial charge in [-0.05, 0) is 61.4 Å². The number of sulfonamides is 1. The first-order valence-corrected chi connectivity index (χ1v) is 10.9. The van der Waals surface area contributed by atoms with Gasteiger partial charge in [-0.3, -0.25) is 9.52 Å². The molecule has 0 bridgehead atoms. The van der Waals surface area contributed by atoms with Crippen LogP contribution in [0, 0.1) is 0 Å². The highest BCUT2D eigenvalue weighted by atomic mass is 35.5. The van der Waals surface area contributed by atoms with E-state index in [4.69, 9.17) is 11.6 Å². The highest BCUT2D eigenvalue weighted by molar-refractivity contribution is 7.92. The SMILES string of the molecule is CN(C(=O)c1ccc(S(=O)(=O)Nc2ccc(Cl)cc2)cc1)C1CCCCC1. The molecule has 1 saturated carbocycles. The van der Waals surface area contributed by atoms with Crippen molar-refractivity contribution < 1.29 is 13.2 Å². The molecule has 3 rings (SSSR count). The summed E-state index contributed by atoms with van der Waals surface area (Å²) in [4.78, 5) is 14.6. The second-order valence-corrected chi connectivity index (χ2v) is 8.96. The number of halogens is 1. The van der Waals surface area contributed by atoms with Crippen molar-refractivity contribution in [3.8, 4) is 0 Å². The maximum atomic E-state index is 12.7. The molecular formula is C20H23ClN2O3S. The summed E-state index contributed by atoms with van der Waals surface area (Å²) < 4.78 is 27.5. The van der Waals surface area contributed by atoms with E-state index in [2.05, 4.69) is 4.72 Å². The van der Waals surface area contributed by atoms with Crippen LogP contribution >= 0.6 is 11.6 Å². The van der Waals surface area contributed by atoms with Crippen LogP contribution in [-0.2, 0) is 10.0 Å². The number of anilines is 1. The molecule has 0 spiro atoms. The third kappa shape index (κ3) is 4.82. The van der Waals surface area contributed by atoms with Crippen LogP contribution in [0.15, 0.2) is 53.4 Å². The Morgan fingerprint density at radius 1 is 1.00 bits per heavy atom. The Labute approximate surface area is 165 Å². The van der Waals surface area contributed by atoms with Crippen LogP contribution in [0.5, 0.6) is 0 Å². The van der Waals surface area contributed by atoms with E-state index in [9.17, 15) is 13.2 Å². The second kappa shape index (κ2) is 8.31. The van der Waals surface area contributed by atoms with Crippen LogP contribution < -0.4 is 4.72 Å². The monoisotopic (exact) mass is 406 g/mol. The molecular weight excluding hydrogens is 384 g/mol. The number of hydrogen-bond donors (Lipinski definition) is 1. The van der Waals surface area contributed by atoms with Crippen molar-refractivity contribution in [3.63, 3.8) is 0 Å². The molecule has 7 heteroatoms. The van der Waals surface area contributed by atoms with Gasteiger partial charge in [0.2, 0.25) is 0 Å². The minimum Gasteiger partial charge on any atom is -0.339 e. The van der Waals surface area contributed by atoms with Crippen molar-refractivity contribution in [1.29, 1.82) is 0 Å². The smallest absolute Gasteiger partial charge is 0.261 e. The number of amides is 1. The molecule has 0 saturated heterocycles. The summed E-state index contributed by atoms with van der Waals surface area (Å²) in [6, 6.07) is 12.7. The Morgan fingerprint density at radius 3 is 2.19 bits per heavy atom. The van der Waals surface area contributed by atoms with Crippen LogP contribution in [0.3, 0.4) is 0 Å².